The van der Waals surface area contributed by atoms with Crippen molar-refractivity contribution in [3.8, 4) is 0 Å². The average Bonchev–Trinajstić information content (AvgIpc) is 2.37. The van der Waals surface area contributed by atoms with Crippen molar-refractivity contribution in [2.24, 2.45) is 5.92 Å². The van der Waals surface area contributed by atoms with Gasteiger partial charge in [0.2, 0.25) is 0 Å². The summed E-state index contributed by atoms with van der Waals surface area (Å²) in [6.45, 7) is 4.14. The first-order valence-electron chi connectivity index (χ1n) is 6.83. The van der Waals surface area contributed by atoms with Crippen LogP contribution in [0.25, 0.3) is 10.9 Å². The highest BCUT2D eigenvalue weighted by molar-refractivity contribution is 6.04. The Morgan fingerprint density at radius 1 is 1.40 bits per heavy atom. The lowest BCUT2D eigenvalue weighted by atomic mass is 9.78. The highest BCUT2D eigenvalue weighted by Gasteiger charge is 2.30. The molecule has 0 radical (unpaired) electrons. The molecule has 2 atom stereocenters. The van der Waals surface area contributed by atoms with Crippen LogP contribution in [0.2, 0.25) is 0 Å². The number of rotatable bonds is 1. The number of carboxylic acid groups (broad SMARTS) is 1. The van der Waals surface area contributed by atoms with Gasteiger partial charge in [0.25, 0.3) is 0 Å². The van der Waals surface area contributed by atoms with E-state index in [0.717, 1.165) is 17.7 Å². The van der Waals surface area contributed by atoms with Crippen LogP contribution in [0, 0.1) is 11.7 Å². The molecule has 1 aromatic heterocycles. The normalized spacial score (nSPS) is 21.8. The number of carbonyl (C=O) groups is 1. The van der Waals surface area contributed by atoms with Gasteiger partial charge in [-0.2, -0.15) is 0 Å². The largest absolute Gasteiger partial charge is 0.478 e. The van der Waals surface area contributed by atoms with Gasteiger partial charge in [-0.15, -0.1) is 0 Å². The zero-order valence-corrected chi connectivity index (χ0v) is 11.5. The summed E-state index contributed by atoms with van der Waals surface area (Å²) in [5, 5.41) is 9.96. The molecule has 1 aliphatic carbocycles. The van der Waals surface area contributed by atoms with Crippen molar-refractivity contribution < 1.29 is 14.3 Å². The van der Waals surface area contributed by atoms with Gasteiger partial charge in [0.15, 0.2) is 0 Å². The first-order chi connectivity index (χ1) is 9.49. The predicted octanol–water partition coefficient (Wildman–Crippen LogP) is 3.76. The SMILES string of the molecule is CC1Cc2nc3c(F)cccc3c(C(=O)O)c2C(C)C1. The van der Waals surface area contributed by atoms with Crippen molar-refractivity contribution in [3.05, 3.63) is 40.8 Å². The minimum absolute atomic E-state index is 0.139. The number of hydrogen-bond acceptors (Lipinski definition) is 2. The van der Waals surface area contributed by atoms with Gasteiger partial charge in [-0.05, 0) is 36.3 Å². The third kappa shape index (κ3) is 1.87. The monoisotopic (exact) mass is 273 g/mol. The molecule has 4 heteroatoms. The lowest BCUT2D eigenvalue weighted by molar-refractivity contribution is 0.0696. The Bertz CT molecular complexity index is 711. The molecule has 104 valence electrons. The Hall–Kier alpha value is -1.97. The van der Waals surface area contributed by atoms with Crippen LogP contribution >= 0.6 is 0 Å². The fourth-order valence-electron chi connectivity index (χ4n) is 3.37. The Balaban J connectivity index is 2.43. The predicted molar refractivity (Wildman–Crippen MR) is 74.6 cm³/mol. The summed E-state index contributed by atoms with van der Waals surface area (Å²) in [6, 6.07) is 4.50. The molecule has 1 aliphatic rings. The van der Waals surface area contributed by atoms with E-state index in [1.807, 2.05) is 6.92 Å². The third-order valence-electron chi connectivity index (χ3n) is 4.09. The summed E-state index contributed by atoms with van der Waals surface area (Å²) in [5.74, 6) is -0.879. The van der Waals surface area contributed by atoms with Gasteiger partial charge in [-0.3, -0.25) is 0 Å². The van der Waals surface area contributed by atoms with E-state index in [4.69, 9.17) is 0 Å². The number of hydrogen-bond donors (Lipinski definition) is 1. The fourth-order valence-corrected chi connectivity index (χ4v) is 3.37. The number of halogens is 1. The molecule has 0 saturated carbocycles. The number of benzene rings is 1. The van der Waals surface area contributed by atoms with Crippen molar-refractivity contribution in [2.75, 3.05) is 0 Å². The van der Waals surface area contributed by atoms with Crippen molar-refractivity contribution in [1.29, 1.82) is 0 Å². The summed E-state index contributed by atoms with van der Waals surface area (Å²) in [4.78, 5) is 16.1. The highest BCUT2D eigenvalue weighted by Crippen LogP contribution is 2.38. The number of carboxylic acids is 1. The number of fused-ring (bicyclic) bond motifs is 2. The van der Waals surface area contributed by atoms with E-state index in [1.54, 1.807) is 6.07 Å². The maximum absolute atomic E-state index is 13.9. The van der Waals surface area contributed by atoms with Gasteiger partial charge >= 0.3 is 5.97 Å². The van der Waals surface area contributed by atoms with Crippen LogP contribution in [0.4, 0.5) is 4.39 Å². The van der Waals surface area contributed by atoms with E-state index in [2.05, 4.69) is 11.9 Å². The lowest BCUT2D eigenvalue weighted by Crippen LogP contribution is -2.20. The van der Waals surface area contributed by atoms with Crippen LogP contribution in [0.5, 0.6) is 0 Å². The van der Waals surface area contributed by atoms with E-state index < -0.39 is 11.8 Å². The molecule has 1 heterocycles. The number of para-hydroxylation sites is 1. The molecule has 1 N–H and O–H groups in total. The van der Waals surface area contributed by atoms with Gasteiger partial charge in [-0.25, -0.2) is 14.2 Å². The molecule has 3 nitrogen and oxygen atoms in total. The van der Waals surface area contributed by atoms with Crippen LogP contribution < -0.4 is 0 Å². The van der Waals surface area contributed by atoms with Gasteiger partial charge in [0.05, 0.1) is 5.56 Å². The number of aromatic carboxylic acids is 1. The van der Waals surface area contributed by atoms with Crippen LogP contribution in [0.3, 0.4) is 0 Å². The molecular weight excluding hydrogens is 257 g/mol. The molecule has 2 unspecified atom stereocenters. The quantitative estimate of drug-likeness (QED) is 0.860. The molecule has 1 aromatic carbocycles. The second-order valence-corrected chi connectivity index (χ2v) is 5.73. The summed E-state index contributed by atoms with van der Waals surface area (Å²) in [5.41, 5.74) is 1.92. The first-order valence-corrected chi connectivity index (χ1v) is 6.83. The number of pyridine rings is 1. The molecule has 0 fully saturated rings. The van der Waals surface area contributed by atoms with Crippen molar-refractivity contribution in [2.45, 2.75) is 32.6 Å². The second kappa shape index (κ2) is 4.54. The minimum Gasteiger partial charge on any atom is -0.478 e. The van der Waals surface area contributed by atoms with E-state index in [0.29, 0.717) is 17.7 Å². The molecule has 0 amide bonds. The molecule has 0 aliphatic heterocycles. The Morgan fingerprint density at radius 3 is 2.85 bits per heavy atom. The number of nitrogens with zero attached hydrogens (tertiary/aromatic N) is 1. The van der Waals surface area contributed by atoms with E-state index in [-0.39, 0.29) is 17.0 Å². The van der Waals surface area contributed by atoms with Crippen molar-refractivity contribution in [3.63, 3.8) is 0 Å². The fraction of sp³-hybridized carbons (Fsp3) is 0.375. The van der Waals surface area contributed by atoms with Crippen LogP contribution in [-0.4, -0.2) is 16.1 Å². The third-order valence-corrected chi connectivity index (χ3v) is 4.09. The molecular formula is C16H16FNO2. The zero-order valence-electron chi connectivity index (χ0n) is 11.5. The van der Waals surface area contributed by atoms with Gasteiger partial charge < -0.3 is 5.11 Å². The summed E-state index contributed by atoms with van der Waals surface area (Å²) < 4.78 is 13.9. The molecule has 0 saturated heterocycles. The molecule has 0 bridgehead atoms. The Labute approximate surface area is 116 Å². The van der Waals surface area contributed by atoms with E-state index in [1.165, 1.54) is 12.1 Å². The Morgan fingerprint density at radius 2 is 2.15 bits per heavy atom. The standard InChI is InChI=1S/C16H16FNO2/c1-8-6-9(2)13-12(7-8)18-15-10(14(13)16(19)20)4-3-5-11(15)17/h3-5,8-9H,6-7H2,1-2H3,(H,19,20). The van der Waals surface area contributed by atoms with E-state index in [9.17, 15) is 14.3 Å². The molecule has 3 rings (SSSR count). The second-order valence-electron chi connectivity index (χ2n) is 5.73. The smallest absolute Gasteiger partial charge is 0.336 e. The van der Waals surface area contributed by atoms with Crippen LogP contribution in [0.1, 0.15) is 47.8 Å². The molecule has 20 heavy (non-hydrogen) atoms. The first kappa shape index (κ1) is 13.0. The zero-order chi connectivity index (χ0) is 14.4. The van der Waals surface area contributed by atoms with Gasteiger partial charge in [0, 0.05) is 11.1 Å². The molecule has 2 aromatic rings. The maximum atomic E-state index is 13.9. The van der Waals surface area contributed by atoms with Gasteiger partial charge in [0.1, 0.15) is 11.3 Å². The van der Waals surface area contributed by atoms with Crippen molar-refractivity contribution in [1.82, 2.24) is 4.98 Å². The highest BCUT2D eigenvalue weighted by atomic mass is 19.1. The van der Waals surface area contributed by atoms with Crippen LogP contribution in [-0.2, 0) is 6.42 Å². The molecule has 0 spiro atoms. The maximum Gasteiger partial charge on any atom is 0.336 e. The summed E-state index contributed by atoms with van der Waals surface area (Å²) in [6.07, 6.45) is 1.65. The minimum atomic E-state index is -0.999. The van der Waals surface area contributed by atoms with Crippen LogP contribution in [0.15, 0.2) is 18.2 Å². The average molecular weight is 273 g/mol. The van der Waals surface area contributed by atoms with E-state index >= 15 is 0 Å². The summed E-state index contributed by atoms with van der Waals surface area (Å²) >= 11 is 0. The lowest BCUT2D eigenvalue weighted by Gasteiger charge is -2.28. The summed E-state index contributed by atoms with van der Waals surface area (Å²) in [7, 11) is 0. The Kier molecular flexibility index (Phi) is 2.96. The number of aromatic nitrogens is 1. The van der Waals surface area contributed by atoms with Gasteiger partial charge in [-0.1, -0.05) is 26.0 Å². The topological polar surface area (TPSA) is 50.2 Å². The van der Waals surface area contributed by atoms with Crippen molar-refractivity contribution >= 4 is 16.9 Å².